The van der Waals surface area contributed by atoms with Gasteiger partial charge in [-0.05, 0) is 35.7 Å². The number of nitrogens with one attached hydrogen (secondary N) is 1. The first kappa shape index (κ1) is 18.3. The summed E-state index contributed by atoms with van der Waals surface area (Å²) in [5.74, 6) is 0.782. The van der Waals surface area contributed by atoms with E-state index in [1.165, 1.54) is 11.3 Å². The van der Waals surface area contributed by atoms with Crippen LogP contribution < -0.4 is 10.2 Å². The van der Waals surface area contributed by atoms with Gasteiger partial charge in [0.15, 0.2) is 0 Å². The molecule has 1 saturated heterocycles. The second kappa shape index (κ2) is 8.75. The fraction of sp³-hybridized carbons (Fsp3) is 0.409. The average Bonchev–Trinajstić information content (AvgIpc) is 2.69. The Balaban J connectivity index is 1.40. The molecule has 2 aromatic rings. The molecule has 0 saturated carbocycles. The van der Waals surface area contributed by atoms with Crippen LogP contribution in [0.25, 0.3) is 0 Å². The van der Waals surface area contributed by atoms with Crippen LogP contribution in [0.1, 0.15) is 31.7 Å². The third-order valence-corrected chi connectivity index (χ3v) is 5.00. The number of para-hydroxylation sites is 1. The minimum atomic E-state index is 0.240. The van der Waals surface area contributed by atoms with Crippen molar-refractivity contribution in [2.45, 2.75) is 26.2 Å². The summed E-state index contributed by atoms with van der Waals surface area (Å²) in [4.78, 5) is 16.8. The molecule has 1 fully saturated rings. The second-order valence-corrected chi connectivity index (χ2v) is 7.16. The molecule has 0 aromatic heterocycles. The Hall–Kier alpha value is -2.49. The molecule has 1 aliphatic rings. The summed E-state index contributed by atoms with van der Waals surface area (Å²) in [6.45, 7) is 8.48. The van der Waals surface area contributed by atoms with Gasteiger partial charge in [0.1, 0.15) is 0 Å². The highest BCUT2D eigenvalue weighted by atomic mass is 16.2. The van der Waals surface area contributed by atoms with E-state index in [0.717, 1.165) is 31.9 Å². The lowest BCUT2D eigenvalue weighted by Crippen LogP contribution is -2.49. The number of rotatable bonds is 6. The zero-order valence-corrected chi connectivity index (χ0v) is 15.8. The molecule has 0 aliphatic carbocycles. The van der Waals surface area contributed by atoms with Crippen LogP contribution in [0.2, 0.25) is 0 Å². The van der Waals surface area contributed by atoms with E-state index in [0.29, 0.717) is 18.9 Å². The molecule has 1 N–H and O–H groups in total. The van der Waals surface area contributed by atoms with Crippen molar-refractivity contribution in [1.82, 2.24) is 4.90 Å². The Bertz CT molecular complexity index is 689. The van der Waals surface area contributed by atoms with Crippen LogP contribution in [0.5, 0.6) is 0 Å². The van der Waals surface area contributed by atoms with Crippen molar-refractivity contribution in [3.8, 4) is 0 Å². The topological polar surface area (TPSA) is 35.6 Å². The average molecular weight is 351 g/mol. The normalized spacial score (nSPS) is 14.6. The van der Waals surface area contributed by atoms with Crippen LogP contribution in [0, 0.1) is 0 Å². The molecule has 0 unspecified atom stereocenters. The van der Waals surface area contributed by atoms with Gasteiger partial charge in [-0.15, -0.1) is 0 Å². The predicted molar refractivity (Wildman–Crippen MR) is 109 cm³/mol. The molecule has 0 spiro atoms. The van der Waals surface area contributed by atoms with Gasteiger partial charge in [0.05, 0.1) is 0 Å². The SMILES string of the molecule is CC(C)c1ccc(NCCC(=O)N2CCN(c3ccccc3)CC2)cc1. The number of piperazine rings is 1. The quantitative estimate of drug-likeness (QED) is 0.856. The van der Waals surface area contributed by atoms with Crippen LogP contribution in [-0.2, 0) is 4.79 Å². The van der Waals surface area contributed by atoms with Crippen molar-refractivity contribution in [3.05, 3.63) is 60.2 Å². The maximum Gasteiger partial charge on any atom is 0.224 e. The van der Waals surface area contributed by atoms with Gasteiger partial charge >= 0.3 is 0 Å². The van der Waals surface area contributed by atoms with Gasteiger partial charge in [0.25, 0.3) is 0 Å². The number of anilines is 2. The number of hydrogen-bond acceptors (Lipinski definition) is 3. The Morgan fingerprint density at radius 1 is 0.962 bits per heavy atom. The lowest BCUT2D eigenvalue weighted by atomic mass is 10.0. The van der Waals surface area contributed by atoms with Gasteiger partial charge in [-0.25, -0.2) is 0 Å². The molecule has 0 radical (unpaired) electrons. The van der Waals surface area contributed by atoms with E-state index in [2.05, 4.69) is 72.6 Å². The van der Waals surface area contributed by atoms with Crippen molar-refractivity contribution in [3.63, 3.8) is 0 Å². The van der Waals surface area contributed by atoms with E-state index in [-0.39, 0.29) is 5.91 Å². The summed E-state index contributed by atoms with van der Waals surface area (Å²) in [5, 5.41) is 3.36. The van der Waals surface area contributed by atoms with Gasteiger partial charge in [-0.3, -0.25) is 4.79 Å². The van der Waals surface area contributed by atoms with Gasteiger partial charge < -0.3 is 15.1 Å². The summed E-state index contributed by atoms with van der Waals surface area (Å²) in [6, 6.07) is 18.9. The summed E-state index contributed by atoms with van der Waals surface area (Å²) in [5.41, 5.74) is 3.66. The molecule has 138 valence electrons. The molecular formula is C22H29N3O. The van der Waals surface area contributed by atoms with Gasteiger partial charge in [0, 0.05) is 50.5 Å². The van der Waals surface area contributed by atoms with Crippen LogP contribution in [0.15, 0.2) is 54.6 Å². The first-order chi connectivity index (χ1) is 12.6. The van der Waals surface area contributed by atoms with Gasteiger partial charge in [-0.1, -0.05) is 44.2 Å². The summed E-state index contributed by atoms with van der Waals surface area (Å²) in [6.07, 6.45) is 0.539. The zero-order valence-electron chi connectivity index (χ0n) is 15.8. The summed E-state index contributed by atoms with van der Waals surface area (Å²) in [7, 11) is 0. The monoisotopic (exact) mass is 351 g/mol. The first-order valence-corrected chi connectivity index (χ1v) is 9.55. The standard InChI is InChI=1S/C22H29N3O/c1-18(2)19-8-10-20(11-9-19)23-13-12-22(26)25-16-14-24(15-17-25)21-6-4-3-5-7-21/h3-11,18,23H,12-17H2,1-2H3. The molecule has 0 bridgehead atoms. The Kier molecular flexibility index (Phi) is 6.16. The van der Waals surface area contributed by atoms with Crippen LogP contribution >= 0.6 is 0 Å². The maximum absolute atomic E-state index is 12.4. The van der Waals surface area contributed by atoms with Crippen molar-refractivity contribution in [2.24, 2.45) is 0 Å². The molecule has 4 nitrogen and oxygen atoms in total. The number of carbonyl (C=O) groups is 1. The van der Waals surface area contributed by atoms with E-state index in [1.54, 1.807) is 0 Å². The molecule has 0 atom stereocenters. The van der Waals surface area contributed by atoms with Gasteiger partial charge in [0.2, 0.25) is 5.91 Å². The highest BCUT2D eigenvalue weighted by molar-refractivity contribution is 5.77. The summed E-state index contributed by atoms with van der Waals surface area (Å²) < 4.78 is 0. The highest BCUT2D eigenvalue weighted by Gasteiger charge is 2.20. The Labute approximate surface area is 156 Å². The molecular weight excluding hydrogens is 322 g/mol. The largest absolute Gasteiger partial charge is 0.385 e. The number of benzene rings is 2. The second-order valence-electron chi connectivity index (χ2n) is 7.16. The minimum absolute atomic E-state index is 0.240. The smallest absolute Gasteiger partial charge is 0.224 e. The molecule has 1 heterocycles. The first-order valence-electron chi connectivity index (χ1n) is 9.55. The van der Waals surface area contributed by atoms with Crippen molar-refractivity contribution in [1.29, 1.82) is 0 Å². The van der Waals surface area contributed by atoms with Crippen molar-refractivity contribution in [2.75, 3.05) is 42.9 Å². The highest BCUT2D eigenvalue weighted by Crippen LogP contribution is 2.18. The fourth-order valence-corrected chi connectivity index (χ4v) is 3.31. The lowest BCUT2D eigenvalue weighted by molar-refractivity contribution is -0.131. The van der Waals surface area contributed by atoms with Crippen LogP contribution in [0.3, 0.4) is 0 Å². The number of hydrogen-bond donors (Lipinski definition) is 1. The van der Waals surface area contributed by atoms with E-state index in [9.17, 15) is 4.79 Å². The molecule has 2 aromatic carbocycles. The Morgan fingerprint density at radius 2 is 1.62 bits per heavy atom. The van der Waals surface area contributed by atoms with Crippen molar-refractivity contribution >= 4 is 17.3 Å². The third kappa shape index (κ3) is 4.78. The summed E-state index contributed by atoms with van der Waals surface area (Å²) >= 11 is 0. The van der Waals surface area contributed by atoms with E-state index in [4.69, 9.17) is 0 Å². The number of nitrogens with zero attached hydrogens (tertiary/aromatic N) is 2. The third-order valence-electron chi connectivity index (χ3n) is 5.00. The number of amides is 1. The van der Waals surface area contributed by atoms with Crippen LogP contribution in [0.4, 0.5) is 11.4 Å². The molecule has 26 heavy (non-hydrogen) atoms. The number of carbonyl (C=O) groups excluding carboxylic acids is 1. The molecule has 4 heteroatoms. The molecule has 1 amide bonds. The van der Waals surface area contributed by atoms with Crippen molar-refractivity contribution < 1.29 is 4.79 Å². The minimum Gasteiger partial charge on any atom is -0.385 e. The maximum atomic E-state index is 12.4. The molecule has 3 rings (SSSR count). The lowest BCUT2D eigenvalue weighted by Gasteiger charge is -2.36. The van der Waals surface area contributed by atoms with Gasteiger partial charge in [-0.2, -0.15) is 0 Å². The van der Waals surface area contributed by atoms with E-state index >= 15 is 0 Å². The van der Waals surface area contributed by atoms with E-state index < -0.39 is 0 Å². The zero-order chi connectivity index (χ0) is 18.4. The predicted octanol–water partition coefficient (Wildman–Crippen LogP) is 3.96. The fourth-order valence-electron chi connectivity index (χ4n) is 3.31. The molecule has 1 aliphatic heterocycles. The van der Waals surface area contributed by atoms with E-state index in [1.807, 2.05) is 11.0 Å². The van der Waals surface area contributed by atoms with Crippen LogP contribution in [-0.4, -0.2) is 43.5 Å². The Morgan fingerprint density at radius 3 is 2.23 bits per heavy atom.